The number of nitrogens with zero attached hydrogens (tertiary/aromatic N) is 1. The maximum Gasteiger partial charge on any atom is 0.255 e. The standard InChI is InChI=1S/C19H20ClFN2O2/c1-23(2)16(12-6-7-17-13(10-12)8-9-25-17)11-22-19(24)18-14(20)4-3-5-15(18)21/h3-7,10,16H,8-9,11H2,1-2H3,(H,22,24)/t16-/m1/s1. The Kier molecular flexibility index (Phi) is 5.25. The molecule has 3 rings (SSSR count). The van der Waals surface area contributed by atoms with Gasteiger partial charge in [0, 0.05) is 13.0 Å². The van der Waals surface area contributed by atoms with Crippen molar-refractivity contribution < 1.29 is 13.9 Å². The van der Waals surface area contributed by atoms with Gasteiger partial charge < -0.3 is 15.0 Å². The predicted molar refractivity (Wildman–Crippen MR) is 95.8 cm³/mol. The lowest BCUT2D eigenvalue weighted by atomic mass is 10.0. The van der Waals surface area contributed by atoms with E-state index in [1.54, 1.807) is 0 Å². The topological polar surface area (TPSA) is 41.6 Å². The summed E-state index contributed by atoms with van der Waals surface area (Å²) in [5, 5.41) is 2.90. The van der Waals surface area contributed by atoms with Gasteiger partial charge in [0.05, 0.1) is 23.2 Å². The fourth-order valence-electron chi connectivity index (χ4n) is 3.00. The SMILES string of the molecule is CN(C)[C@H](CNC(=O)c1c(F)cccc1Cl)c1ccc2c(c1)CCO2. The third kappa shape index (κ3) is 3.78. The van der Waals surface area contributed by atoms with Gasteiger partial charge in [0.15, 0.2) is 0 Å². The summed E-state index contributed by atoms with van der Waals surface area (Å²) in [6, 6.07) is 10.2. The first-order chi connectivity index (χ1) is 12.0. The molecule has 4 nitrogen and oxygen atoms in total. The fraction of sp³-hybridized carbons (Fsp3) is 0.316. The van der Waals surface area contributed by atoms with Gasteiger partial charge in [0.25, 0.3) is 5.91 Å². The number of fused-ring (bicyclic) bond motifs is 1. The van der Waals surface area contributed by atoms with Gasteiger partial charge in [0.1, 0.15) is 11.6 Å². The summed E-state index contributed by atoms with van der Waals surface area (Å²) in [7, 11) is 3.88. The highest BCUT2D eigenvalue weighted by molar-refractivity contribution is 6.33. The molecule has 1 aliphatic heterocycles. The van der Waals surface area contributed by atoms with Crippen LogP contribution in [0.5, 0.6) is 5.75 Å². The zero-order valence-corrected chi connectivity index (χ0v) is 14.9. The van der Waals surface area contributed by atoms with E-state index >= 15 is 0 Å². The number of carbonyl (C=O) groups is 1. The predicted octanol–water partition coefficient (Wildman–Crippen LogP) is 3.45. The maximum absolute atomic E-state index is 13.9. The minimum Gasteiger partial charge on any atom is -0.493 e. The van der Waals surface area contributed by atoms with Crippen LogP contribution in [-0.2, 0) is 6.42 Å². The molecule has 0 saturated heterocycles. The highest BCUT2D eigenvalue weighted by atomic mass is 35.5. The average molecular weight is 363 g/mol. The number of ether oxygens (including phenoxy) is 1. The van der Waals surface area contributed by atoms with Gasteiger partial charge in [-0.2, -0.15) is 0 Å². The fourth-order valence-corrected chi connectivity index (χ4v) is 3.25. The summed E-state index contributed by atoms with van der Waals surface area (Å²) in [6.45, 7) is 1.05. The van der Waals surface area contributed by atoms with Crippen LogP contribution in [0.1, 0.15) is 27.5 Å². The van der Waals surface area contributed by atoms with E-state index in [0.717, 1.165) is 17.7 Å². The number of hydrogen-bond acceptors (Lipinski definition) is 3. The zero-order chi connectivity index (χ0) is 18.0. The van der Waals surface area contributed by atoms with Crippen molar-refractivity contribution in [1.82, 2.24) is 10.2 Å². The molecule has 0 unspecified atom stereocenters. The van der Waals surface area contributed by atoms with Crippen LogP contribution >= 0.6 is 11.6 Å². The number of carbonyl (C=O) groups excluding carboxylic acids is 1. The van der Waals surface area contributed by atoms with Crippen LogP contribution in [0.2, 0.25) is 5.02 Å². The number of rotatable bonds is 5. The first-order valence-corrected chi connectivity index (χ1v) is 8.49. The summed E-state index contributed by atoms with van der Waals surface area (Å²) in [6.07, 6.45) is 0.889. The third-order valence-corrected chi connectivity index (χ3v) is 4.68. The van der Waals surface area contributed by atoms with E-state index in [1.807, 2.05) is 31.1 Å². The van der Waals surface area contributed by atoms with E-state index in [2.05, 4.69) is 11.4 Å². The smallest absolute Gasteiger partial charge is 0.255 e. The molecule has 1 amide bonds. The van der Waals surface area contributed by atoms with Crippen molar-refractivity contribution in [2.24, 2.45) is 0 Å². The highest BCUT2D eigenvalue weighted by Gasteiger charge is 2.21. The van der Waals surface area contributed by atoms with Crippen molar-refractivity contribution in [3.05, 3.63) is 63.9 Å². The summed E-state index contributed by atoms with van der Waals surface area (Å²) in [5.41, 5.74) is 2.13. The number of hydrogen-bond donors (Lipinski definition) is 1. The van der Waals surface area contributed by atoms with Crippen molar-refractivity contribution >= 4 is 17.5 Å². The van der Waals surface area contributed by atoms with Gasteiger partial charge in [-0.1, -0.05) is 29.8 Å². The molecule has 0 bridgehead atoms. The Morgan fingerprint density at radius 2 is 2.16 bits per heavy atom. The second kappa shape index (κ2) is 7.42. The molecular weight excluding hydrogens is 343 g/mol. The van der Waals surface area contributed by atoms with Crippen LogP contribution in [0.25, 0.3) is 0 Å². The van der Waals surface area contributed by atoms with Crippen molar-refractivity contribution in [3.8, 4) is 5.75 Å². The molecule has 132 valence electrons. The minimum absolute atomic E-state index is 0.0413. The normalized spacial score (nSPS) is 14.1. The minimum atomic E-state index is -0.624. The van der Waals surface area contributed by atoms with E-state index < -0.39 is 11.7 Å². The molecule has 1 heterocycles. The van der Waals surface area contributed by atoms with Crippen molar-refractivity contribution in [1.29, 1.82) is 0 Å². The van der Waals surface area contributed by atoms with Crippen LogP contribution in [-0.4, -0.2) is 38.1 Å². The number of amides is 1. The Hall–Kier alpha value is -2.11. The number of nitrogens with one attached hydrogen (secondary N) is 1. The van der Waals surface area contributed by atoms with Crippen LogP contribution in [0.4, 0.5) is 4.39 Å². The van der Waals surface area contributed by atoms with Gasteiger partial charge in [0.2, 0.25) is 0 Å². The van der Waals surface area contributed by atoms with Crippen molar-refractivity contribution in [3.63, 3.8) is 0 Å². The molecule has 2 aromatic carbocycles. The molecule has 2 aromatic rings. The molecule has 25 heavy (non-hydrogen) atoms. The summed E-state index contributed by atoms with van der Waals surface area (Å²) < 4.78 is 19.4. The Bertz CT molecular complexity index is 775. The van der Waals surface area contributed by atoms with E-state index in [9.17, 15) is 9.18 Å². The zero-order valence-electron chi connectivity index (χ0n) is 14.2. The Morgan fingerprint density at radius 3 is 2.88 bits per heavy atom. The van der Waals surface area contributed by atoms with E-state index in [-0.39, 0.29) is 16.6 Å². The first-order valence-electron chi connectivity index (χ1n) is 8.11. The Morgan fingerprint density at radius 1 is 1.36 bits per heavy atom. The molecule has 0 spiro atoms. The van der Waals surface area contributed by atoms with Gasteiger partial charge in [-0.3, -0.25) is 4.79 Å². The van der Waals surface area contributed by atoms with Gasteiger partial charge in [-0.15, -0.1) is 0 Å². The van der Waals surface area contributed by atoms with E-state index in [1.165, 1.54) is 23.8 Å². The molecular formula is C19H20ClFN2O2. The molecule has 0 aliphatic carbocycles. The molecule has 1 atom stereocenters. The largest absolute Gasteiger partial charge is 0.493 e. The summed E-state index contributed by atoms with van der Waals surface area (Å²) in [4.78, 5) is 14.4. The molecule has 6 heteroatoms. The van der Waals surface area contributed by atoms with Gasteiger partial charge in [-0.25, -0.2) is 4.39 Å². The average Bonchev–Trinajstić information content (AvgIpc) is 3.02. The van der Waals surface area contributed by atoms with Crippen LogP contribution in [0, 0.1) is 5.82 Å². The van der Waals surface area contributed by atoms with Crippen LogP contribution in [0.3, 0.4) is 0 Å². The van der Waals surface area contributed by atoms with Crippen molar-refractivity contribution in [2.45, 2.75) is 12.5 Å². The third-order valence-electron chi connectivity index (χ3n) is 4.37. The number of benzene rings is 2. The lowest BCUT2D eigenvalue weighted by Gasteiger charge is -2.25. The van der Waals surface area contributed by atoms with Crippen LogP contribution < -0.4 is 10.1 Å². The first kappa shape index (κ1) is 17.7. The maximum atomic E-state index is 13.9. The summed E-state index contributed by atoms with van der Waals surface area (Å²) >= 11 is 5.96. The summed E-state index contributed by atoms with van der Waals surface area (Å²) in [5.74, 6) is -0.219. The Balaban J connectivity index is 1.76. The molecule has 0 fully saturated rings. The molecule has 0 saturated carbocycles. The highest BCUT2D eigenvalue weighted by Crippen LogP contribution is 2.29. The van der Waals surface area contributed by atoms with Crippen molar-refractivity contribution in [2.75, 3.05) is 27.2 Å². The number of halogens is 2. The monoisotopic (exact) mass is 362 g/mol. The Labute approximate surface area is 151 Å². The lowest BCUT2D eigenvalue weighted by Crippen LogP contribution is -2.35. The van der Waals surface area contributed by atoms with Crippen LogP contribution in [0.15, 0.2) is 36.4 Å². The van der Waals surface area contributed by atoms with Gasteiger partial charge >= 0.3 is 0 Å². The quantitative estimate of drug-likeness (QED) is 0.885. The van der Waals surface area contributed by atoms with Gasteiger partial charge in [-0.05, 0) is 43.4 Å². The second-order valence-electron chi connectivity index (χ2n) is 6.25. The molecule has 1 aliphatic rings. The number of likely N-dealkylation sites (N-methyl/N-ethyl adjacent to an activating group) is 1. The van der Waals surface area contributed by atoms with E-state index in [4.69, 9.17) is 16.3 Å². The van der Waals surface area contributed by atoms with E-state index in [0.29, 0.717) is 13.2 Å². The second-order valence-corrected chi connectivity index (χ2v) is 6.66. The molecule has 0 radical (unpaired) electrons. The lowest BCUT2D eigenvalue weighted by molar-refractivity contribution is 0.0938. The molecule has 0 aromatic heterocycles. The molecule has 1 N–H and O–H groups in total.